The minimum Gasteiger partial charge on any atom is -0.481 e. The van der Waals surface area contributed by atoms with E-state index < -0.39 is 5.97 Å². The van der Waals surface area contributed by atoms with Crippen molar-refractivity contribution in [2.75, 3.05) is 0 Å². The normalized spacial score (nSPS) is 15.9. The first-order valence-electron chi connectivity index (χ1n) is 7.01. The van der Waals surface area contributed by atoms with Crippen LogP contribution in [0.4, 0.5) is 0 Å². The molecule has 0 spiro atoms. The summed E-state index contributed by atoms with van der Waals surface area (Å²) in [6, 6.07) is -0.147. The highest BCUT2D eigenvalue weighted by molar-refractivity contribution is 5.79. The van der Waals surface area contributed by atoms with Crippen molar-refractivity contribution in [2.45, 2.75) is 65.5 Å². The van der Waals surface area contributed by atoms with Gasteiger partial charge in [0.1, 0.15) is 0 Å². The van der Waals surface area contributed by atoms with Gasteiger partial charge in [-0.1, -0.05) is 27.2 Å². The predicted molar refractivity (Wildman–Crippen MR) is 75.7 cm³/mol. The summed E-state index contributed by atoms with van der Waals surface area (Å²) in [5, 5.41) is 11.7. The molecule has 0 saturated carbocycles. The molecular formula is C14H28N2O3. The first-order valence-corrected chi connectivity index (χ1v) is 7.01. The molecule has 5 heteroatoms. The molecule has 0 radical (unpaired) electrons. The van der Waals surface area contributed by atoms with E-state index in [1.165, 1.54) is 0 Å². The summed E-state index contributed by atoms with van der Waals surface area (Å²) in [4.78, 5) is 22.7. The minimum atomic E-state index is -0.886. The Morgan fingerprint density at radius 3 is 2.16 bits per heavy atom. The van der Waals surface area contributed by atoms with E-state index in [4.69, 9.17) is 10.8 Å². The highest BCUT2D eigenvalue weighted by Gasteiger charge is 2.22. The molecule has 0 saturated heterocycles. The fourth-order valence-electron chi connectivity index (χ4n) is 1.84. The van der Waals surface area contributed by atoms with E-state index in [2.05, 4.69) is 5.32 Å². The van der Waals surface area contributed by atoms with Gasteiger partial charge in [0.15, 0.2) is 0 Å². The molecule has 1 amide bonds. The zero-order valence-electron chi connectivity index (χ0n) is 12.5. The quantitative estimate of drug-likeness (QED) is 0.596. The van der Waals surface area contributed by atoms with Gasteiger partial charge in [0.05, 0.1) is 6.42 Å². The molecule has 112 valence electrons. The molecule has 3 atom stereocenters. The summed E-state index contributed by atoms with van der Waals surface area (Å²) >= 11 is 0. The Balaban J connectivity index is 4.19. The zero-order valence-corrected chi connectivity index (χ0v) is 12.5. The van der Waals surface area contributed by atoms with Crippen LogP contribution in [0.3, 0.4) is 0 Å². The van der Waals surface area contributed by atoms with Gasteiger partial charge >= 0.3 is 5.97 Å². The third-order valence-electron chi connectivity index (χ3n) is 3.27. The fourth-order valence-corrected chi connectivity index (χ4v) is 1.84. The third kappa shape index (κ3) is 8.59. The molecule has 0 fully saturated rings. The van der Waals surface area contributed by atoms with E-state index in [0.29, 0.717) is 0 Å². The molecule has 0 aliphatic rings. The SMILES string of the molecule is CC(N)CCCC(C)C(=O)NC(CC(=O)O)C(C)C. The van der Waals surface area contributed by atoms with E-state index in [-0.39, 0.29) is 36.2 Å². The third-order valence-corrected chi connectivity index (χ3v) is 3.27. The average Bonchev–Trinajstić information content (AvgIpc) is 2.26. The van der Waals surface area contributed by atoms with Gasteiger partial charge in [-0.15, -0.1) is 0 Å². The molecule has 0 aromatic heterocycles. The molecule has 19 heavy (non-hydrogen) atoms. The molecule has 4 N–H and O–H groups in total. The molecule has 0 aromatic rings. The lowest BCUT2D eigenvalue weighted by molar-refractivity contribution is -0.138. The van der Waals surface area contributed by atoms with Crippen LogP contribution < -0.4 is 11.1 Å². The number of hydrogen-bond donors (Lipinski definition) is 3. The van der Waals surface area contributed by atoms with Gasteiger partial charge in [-0.05, 0) is 25.7 Å². The predicted octanol–water partition coefficient (Wildman–Crippen LogP) is 1.76. The first-order chi connectivity index (χ1) is 8.73. The van der Waals surface area contributed by atoms with Crippen molar-refractivity contribution >= 4 is 11.9 Å². The molecule has 0 aliphatic carbocycles. The van der Waals surface area contributed by atoms with Crippen LogP contribution in [-0.4, -0.2) is 29.1 Å². The Morgan fingerprint density at radius 1 is 1.16 bits per heavy atom. The summed E-state index contributed by atoms with van der Waals surface area (Å²) in [6.07, 6.45) is 2.57. The van der Waals surface area contributed by atoms with Crippen LogP contribution in [-0.2, 0) is 9.59 Å². The number of aliphatic carboxylic acids is 1. The van der Waals surface area contributed by atoms with Crippen LogP contribution >= 0.6 is 0 Å². The monoisotopic (exact) mass is 272 g/mol. The van der Waals surface area contributed by atoms with Gasteiger partial charge in [-0.3, -0.25) is 9.59 Å². The van der Waals surface area contributed by atoms with Crippen molar-refractivity contribution in [3.63, 3.8) is 0 Å². The first kappa shape index (κ1) is 17.9. The van der Waals surface area contributed by atoms with Crippen molar-refractivity contribution < 1.29 is 14.7 Å². The van der Waals surface area contributed by atoms with E-state index in [0.717, 1.165) is 19.3 Å². The van der Waals surface area contributed by atoms with Crippen LogP contribution in [0.1, 0.15) is 53.4 Å². The van der Waals surface area contributed by atoms with E-state index in [9.17, 15) is 9.59 Å². The second-order valence-electron chi connectivity index (χ2n) is 5.77. The summed E-state index contributed by atoms with van der Waals surface area (Å²) in [5.74, 6) is -0.946. The highest BCUT2D eigenvalue weighted by atomic mass is 16.4. The Hall–Kier alpha value is -1.10. The number of carbonyl (C=O) groups excluding carboxylic acids is 1. The molecule has 0 aliphatic heterocycles. The lowest BCUT2D eigenvalue weighted by Gasteiger charge is -2.23. The number of nitrogens with one attached hydrogen (secondary N) is 1. The van der Waals surface area contributed by atoms with Crippen molar-refractivity contribution in [3.8, 4) is 0 Å². The van der Waals surface area contributed by atoms with Crippen molar-refractivity contribution in [1.82, 2.24) is 5.32 Å². The van der Waals surface area contributed by atoms with E-state index in [1.54, 1.807) is 0 Å². The molecule has 0 aromatic carbocycles. The van der Waals surface area contributed by atoms with Crippen molar-refractivity contribution in [1.29, 1.82) is 0 Å². The number of carbonyl (C=O) groups is 2. The lowest BCUT2D eigenvalue weighted by atomic mass is 9.97. The maximum absolute atomic E-state index is 12.0. The van der Waals surface area contributed by atoms with Gasteiger partial charge < -0.3 is 16.2 Å². The van der Waals surface area contributed by atoms with E-state index in [1.807, 2.05) is 27.7 Å². The largest absolute Gasteiger partial charge is 0.481 e. The summed E-state index contributed by atoms with van der Waals surface area (Å²) in [5.41, 5.74) is 5.66. The Labute approximate surface area is 115 Å². The maximum Gasteiger partial charge on any atom is 0.305 e. The van der Waals surface area contributed by atoms with Gasteiger partial charge in [0, 0.05) is 18.0 Å². The lowest BCUT2D eigenvalue weighted by Crippen LogP contribution is -2.42. The molecule has 0 heterocycles. The van der Waals surface area contributed by atoms with Crippen LogP contribution in [0.5, 0.6) is 0 Å². The van der Waals surface area contributed by atoms with Crippen LogP contribution in [0, 0.1) is 11.8 Å². The summed E-state index contributed by atoms with van der Waals surface area (Å²) < 4.78 is 0. The number of nitrogens with two attached hydrogens (primary N) is 1. The Morgan fingerprint density at radius 2 is 1.74 bits per heavy atom. The zero-order chi connectivity index (χ0) is 15.0. The fraction of sp³-hybridized carbons (Fsp3) is 0.857. The van der Waals surface area contributed by atoms with Crippen LogP contribution in [0.15, 0.2) is 0 Å². The maximum atomic E-state index is 12.0. The second-order valence-corrected chi connectivity index (χ2v) is 5.77. The molecule has 5 nitrogen and oxygen atoms in total. The topological polar surface area (TPSA) is 92.4 Å². The van der Waals surface area contributed by atoms with E-state index >= 15 is 0 Å². The van der Waals surface area contributed by atoms with Gasteiger partial charge in [-0.2, -0.15) is 0 Å². The molecule has 0 rings (SSSR count). The molecule has 3 unspecified atom stereocenters. The number of amides is 1. The number of rotatable bonds is 9. The van der Waals surface area contributed by atoms with Gasteiger partial charge in [0.2, 0.25) is 5.91 Å². The number of carboxylic acids is 1. The number of hydrogen-bond acceptors (Lipinski definition) is 3. The van der Waals surface area contributed by atoms with Crippen molar-refractivity contribution in [3.05, 3.63) is 0 Å². The van der Waals surface area contributed by atoms with Crippen LogP contribution in [0.2, 0.25) is 0 Å². The van der Waals surface area contributed by atoms with Gasteiger partial charge in [0.25, 0.3) is 0 Å². The Bertz CT molecular complexity index is 290. The number of carboxylic acid groups (broad SMARTS) is 1. The second kappa shape index (κ2) is 8.91. The summed E-state index contributed by atoms with van der Waals surface area (Å²) in [6.45, 7) is 7.64. The van der Waals surface area contributed by atoms with Crippen LogP contribution in [0.25, 0.3) is 0 Å². The smallest absolute Gasteiger partial charge is 0.305 e. The highest BCUT2D eigenvalue weighted by Crippen LogP contribution is 2.12. The molecular weight excluding hydrogens is 244 g/mol. The average molecular weight is 272 g/mol. The minimum absolute atomic E-state index is 0.0318. The van der Waals surface area contributed by atoms with Gasteiger partial charge in [-0.25, -0.2) is 0 Å². The Kier molecular flexibility index (Phi) is 8.39. The van der Waals surface area contributed by atoms with Crippen molar-refractivity contribution in [2.24, 2.45) is 17.6 Å². The standard InChI is InChI=1S/C14H28N2O3/c1-9(2)12(8-13(17)18)16-14(19)10(3)6-5-7-11(4)15/h9-12H,5-8,15H2,1-4H3,(H,16,19)(H,17,18). The summed E-state index contributed by atoms with van der Waals surface area (Å²) in [7, 11) is 0. The molecule has 0 bridgehead atoms.